The van der Waals surface area contributed by atoms with Crippen molar-refractivity contribution in [3.63, 3.8) is 0 Å². The van der Waals surface area contributed by atoms with Gasteiger partial charge in [-0.25, -0.2) is 0 Å². The van der Waals surface area contributed by atoms with E-state index >= 15 is 0 Å². The monoisotopic (exact) mass is 291 g/mol. The topological polar surface area (TPSA) is 58.6 Å². The van der Waals surface area contributed by atoms with Crippen LogP contribution >= 0.6 is 23.2 Å². The normalized spacial score (nSPS) is 12.4. The van der Waals surface area contributed by atoms with Crippen LogP contribution in [0.4, 0.5) is 0 Å². The second-order valence-electron chi connectivity index (χ2n) is 3.71. The van der Waals surface area contributed by atoms with Crippen LogP contribution in [-0.4, -0.2) is 31.3 Å². The van der Waals surface area contributed by atoms with Crippen LogP contribution in [0.1, 0.15) is 18.0 Å². The molecule has 0 heterocycles. The Kier molecular flexibility index (Phi) is 6.43. The van der Waals surface area contributed by atoms with E-state index in [1.54, 1.807) is 25.3 Å². The minimum Gasteiger partial charge on any atom is -0.480 e. The molecule has 2 N–H and O–H groups in total. The van der Waals surface area contributed by atoms with Crippen molar-refractivity contribution in [1.29, 1.82) is 0 Å². The first-order valence-electron chi connectivity index (χ1n) is 5.47. The molecule has 1 aromatic carbocycles. The van der Waals surface area contributed by atoms with Crippen molar-refractivity contribution in [3.05, 3.63) is 33.8 Å². The first kappa shape index (κ1) is 15.2. The molecule has 0 spiro atoms. The number of benzene rings is 1. The van der Waals surface area contributed by atoms with E-state index < -0.39 is 12.0 Å². The second-order valence-corrected chi connectivity index (χ2v) is 4.50. The van der Waals surface area contributed by atoms with E-state index in [-0.39, 0.29) is 5.02 Å². The first-order valence-corrected chi connectivity index (χ1v) is 6.22. The standard InChI is InChI=1S/C12H15Cl2NO3/c1-18-7-3-6-15-11(12(16)17)8-4-2-5-9(13)10(8)14/h2,4-5,11,15H,3,6-7H2,1H3,(H,16,17). The predicted octanol–water partition coefficient (Wildman–Crippen LogP) is 2.75. The highest BCUT2D eigenvalue weighted by Crippen LogP contribution is 2.30. The molecule has 1 unspecified atom stereocenters. The summed E-state index contributed by atoms with van der Waals surface area (Å²) in [4.78, 5) is 11.2. The van der Waals surface area contributed by atoms with E-state index in [1.165, 1.54) is 0 Å². The van der Waals surface area contributed by atoms with Crippen LogP contribution in [0.5, 0.6) is 0 Å². The van der Waals surface area contributed by atoms with Crippen LogP contribution in [0.15, 0.2) is 18.2 Å². The third-order valence-corrected chi connectivity index (χ3v) is 3.25. The molecule has 0 aromatic heterocycles. The van der Waals surface area contributed by atoms with Gasteiger partial charge < -0.3 is 15.2 Å². The van der Waals surface area contributed by atoms with E-state index in [9.17, 15) is 9.90 Å². The quantitative estimate of drug-likeness (QED) is 0.759. The summed E-state index contributed by atoms with van der Waals surface area (Å²) in [6.45, 7) is 1.09. The average molecular weight is 292 g/mol. The summed E-state index contributed by atoms with van der Waals surface area (Å²) in [5.74, 6) is -0.989. The van der Waals surface area contributed by atoms with Crippen molar-refractivity contribution < 1.29 is 14.6 Å². The summed E-state index contributed by atoms with van der Waals surface area (Å²) in [6.07, 6.45) is 0.721. The zero-order valence-electron chi connectivity index (χ0n) is 9.95. The molecule has 0 saturated heterocycles. The van der Waals surface area contributed by atoms with E-state index in [0.717, 1.165) is 6.42 Å². The maximum Gasteiger partial charge on any atom is 0.325 e. The summed E-state index contributed by atoms with van der Waals surface area (Å²) >= 11 is 11.9. The van der Waals surface area contributed by atoms with Crippen LogP contribution in [0.25, 0.3) is 0 Å². The number of carboxylic acids is 1. The van der Waals surface area contributed by atoms with Gasteiger partial charge >= 0.3 is 5.97 Å². The number of ether oxygens (including phenoxy) is 1. The van der Waals surface area contributed by atoms with Crippen molar-refractivity contribution in [2.45, 2.75) is 12.5 Å². The van der Waals surface area contributed by atoms with Crippen molar-refractivity contribution in [2.75, 3.05) is 20.3 Å². The van der Waals surface area contributed by atoms with Crippen LogP contribution in [0, 0.1) is 0 Å². The highest BCUT2D eigenvalue weighted by atomic mass is 35.5. The average Bonchev–Trinajstić information content (AvgIpc) is 2.33. The molecule has 6 heteroatoms. The highest BCUT2D eigenvalue weighted by Gasteiger charge is 2.22. The van der Waals surface area contributed by atoms with E-state index in [0.29, 0.717) is 23.7 Å². The number of aliphatic carboxylic acids is 1. The van der Waals surface area contributed by atoms with Gasteiger partial charge in [-0.2, -0.15) is 0 Å². The maximum atomic E-state index is 11.2. The molecule has 0 saturated carbocycles. The van der Waals surface area contributed by atoms with Crippen molar-refractivity contribution in [1.82, 2.24) is 5.32 Å². The fourth-order valence-corrected chi connectivity index (χ4v) is 1.95. The van der Waals surface area contributed by atoms with Gasteiger partial charge in [0.25, 0.3) is 0 Å². The maximum absolute atomic E-state index is 11.2. The Balaban J connectivity index is 2.78. The number of nitrogens with one attached hydrogen (secondary N) is 1. The molecule has 1 aromatic rings. The Bertz CT molecular complexity index is 412. The molecule has 0 aliphatic rings. The van der Waals surface area contributed by atoms with Gasteiger partial charge in [0.15, 0.2) is 0 Å². The molecule has 0 fully saturated rings. The fraction of sp³-hybridized carbons (Fsp3) is 0.417. The van der Waals surface area contributed by atoms with Gasteiger partial charge in [-0.3, -0.25) is 4.79 Å². The van der Waals surface area contributed by atoms with Crippen molar-refractivity contribution in [3.8, 4) is 0 Å². The molecule has 4 nitrogen and oxygen atoms in total. The second kappa shape index (κ2) is 7.59. The number of carboxylic acid groups (broad SMARTS) is 1. The van der Waals surface area contributed by atoms with Gasteiger partial charge in [0.05, 0.1) is 10.0 Å². The number of rotatable bonds is 7. The Hall–Kier alpha value is -0.810. The first-order chi connectivity index (χ1) is 8.57. The third-order valence-electron chi connectivity index (χ3n) is 2.41. The number of hydrogen-bond donors (Lipinski definition) is 2. The lowest BCUT2D eigenvalue weighted by Crippen LogP contribution is -2.30. The molecule has 0 aliphatic carbocycles. The lowest BCUT2D eigenvalue weighted by molar-refractivity contribution is -0.139. The van der Waals surface area contributed by atoms with Gasteiger partial charge in [0.1, 0.15) is 6.04 Å². The summed E-state index contributed by atoms with van der Waals surface area (Å²) in [7, 11) is 1.60. The molecule has 0 bridgehead atoms. The lowest BCUT2D eigenvalue weighted by Gasteiger charge is -2.16. The molecule has 0 radical (unpaired) electrons. The van der Waals surface area contributed by atoms with E-state index in [4.69, 9.17) is 27.9 Å². The Morgan fingerprint density at radius 1 is 1.50 bits per heavy atom. The largest absolute Gasteiger partial charge is 0.480 e. The summed E-state index contributed by atoms with van der Waals surface area (Å²) < 4.78 is 4.90. The zero-order valence-corrected chi connectivity index (χ0v) is 11.5. The van der Waals surface area contributed by atoms with Crippen LogP contribution in [0.3, 0.4) is 0 Å². The van der Waals surface area contributed by atoms with Crippen LogP contribution in [-0.2, 0) is 9.53 Å². The molecule has 0 amide bonds. The Labute approximate surface area is 116 Å². The molecule has 0 aliphatic heterocycles. The van der Waals surface area contributed by atoms with Crippen molar-refractivity contribution >= 4 is 29.2 Å². The smallest absolute Gasteiger partial charge is 0.325 e. The molecule has 100 valence electrons. The van der Waals surface area contributed by atoms with Crippen LogP contribution < -0.4 is 5.32 Å². The number of carbonyl (C=O) groups is 1. The molecule has 1 rings (SSSR count). The van der Waals surface area contributed by atoms with Gasteiger partial charge in [-0.1, -0.05) is 35.3 Å². The molecule has 18 heavy (non-hydrogen) atoms. The Morgan fingerprint density at radius 3 is 2.83 bits per heavy atom. The van der Waals surface area contributed by atoms with E-state index in [2.05, 4.69) is 5.32 Å². The number of hydrogen-bond acceptors (Lipinski definition) is 3. The molecule has 1 atom stereocenters. The lowest BCUT2D eigenvalue weighted by atomic mass is 10.1. The Morgan fingerprint density at radius 2 is 2.22 bits per heavy atom. The third kappa shape index (κ3) is 4.14. The summed E-state index contributed by atoms with van der Waals surface area (Å²) in [5, 5.41) is 12.7. The van der Waals surface area contributed by atoms with Crippen molar-refractivity contribution in [2.24, 2.45) is 0 Å². The predicted molar refractivity (Wildman–Crippen MR) is 71.3 cm³/mol. The summed E-state index contributed by atoms with van der Waals surface area (Å²) in [5.41, 5.74) is 0.467. The van der Waals surface area contributed by atoms with Gasteiger partial charge in [0, 0.05) is 19.3 Å². The van der Waals surface area contributed by atoms with Gasteiger partial charge in [-0.05, 0) is 19.0 Å². The molecular weight excluding hydrogens is 277 g/mol. The van der Waals surface area contributed by atoms with E-state index in [1.807, 2.05) is 0 Å². The highest BCUT2D eigenvalue weighted by molar-refractivity contribution is 6.42. The molecular formula is C12H15Cl2NO3. The number of methoxy groups -OCH3 is 1. The number of halogens is 2. The summed E-state index contributed by atoms with van der Waals surface area (Å²) in [6, 6.07) is 4.08. The minimum atomic E-state index is -0.989. The van der Waals surface area contributed by atoms with Gasteiger partial charge in [0.2, 0.25) is 0 Å². The SMILES string of the molecule is COCCCNC(C(=O)O)c1cccc(Cl)c1Cl. The van der Waals surface area contributed by atoms with Gasteiger partial charge in [-0.15, -0.1) is 0 Å². The zero-order chi connectivity index (χ0) is 13.5. The minimum absolute atomic E-state index is 0.269. The fourth-order valence-electron chi connectivity index (χ4n) is 1.54. The van der Waals surface area contributed by atoms with Crippen LogP contribution in [0.2, 0.25) is 10.0 Å².